The van der Waals surface area contributed by atoms with E-state index in [2.05, 4.69) is 42.3 Å². The summed E-state index contributed by atoms with van der Waals surface area (Å²) in [5.41, 5.74) is 3.28. The molecule has 1 aromatic rings. The number of nitrogens with one attached hydrogen (secondary N) is 1. The van der Waals surface area contributed by atoms with Gasteiger partial charge in [-0.05, 0) is 73.2 Å². The van der Waals surface area contributed by atoms with Crippen molar-refractivity contribution in [2.24, 2.45) is 11.8 Å². The highest BCUT2D eigenvalue weighted by atomic mass is 16.5. The Kier molecular flexibility index (Phi) is 7.87. The molecule has 6 heteroatoms. The summed E-state index contributed by atoms with van der Waals surface area (Å²) in [6.07, 6.45) is 4.97. The molecule has 0 spiro atoms. The molecule has 1 N–H and O–H groups in total. The minimum Gasteiger partial charge on any atom is -0.383 e. The van der Waals surface area contributed by atoms with Crippen LogP contribution in [0.2, 0.25) is 0 Å². The minimum absolute atomic E-state index is 0.0360. The summed E-state index contributed by atoms with van der Waals surface area (Å²) in [6, 6.07) is 6.38. The maximum Gasteiger partial charge on any atom is 0.180 e. The van der Waals surface area contributed by atoms with Crippen LogP contribution < -0.4 is 5.32 Å². The van der Waals surface area contributed by atoms with Gasteiger partial charge in [-0.3, -0.25) is 9.69 Å². The molecule has 3 atom stereocenters. The van der Waals surface area contributed by atoms with E-state index in [9.17, 15) is 4.79 Å². The fraction of sp³-hybridized carbons (Fsp3) is 0.731. The molecule has 0 unspecified atom stereocenters. The molecule has 2 bridgehead atoms. The number of Topliss-reactive ketones (excluding diaryl/α,β-unsaturated/α-hetero) is 1. The highest BCUT2D eigenvalue weighted by molar-refractivity contribution is 6.03. The Labute approximate surface area is 193 Å². The third kappa shape index (κ3) is 5.19. The first-order chi connectivity index (χ1) is 15.5. The van der Waals surface area contributed by atoms with Crippen molar-refractivity contribution in [2.75, 3.05) is 65.1 Å². The van der Waals surface area contributed by atoms with Crippen LogP contribution in [0.5, 0.6) is 0 Å². The lowest BCUT2D eigenvalue weighted by atomic mass is 9.61. The molecule has 0 amide bonds. The smallest absolute Gasteiger partial charge is 0.180 e. The molecule has 0 aromatic heterocycles. The van der Waals surface area contributed by atoms with Gasteiger partial charge >= 0.3 is 0 Å². The van der Waals surface area contributed by atoms with E-state index >= 15 is 0 Å². The van der Waals surface area contributed by atoms with Crippen LogP contribution in [0.4, 0.5) is 5.69 Å². The van der Waals surface area contributed by atoms with Crippen molar-refractivity contribution in [1.29, 1.82) is 0 Å². The highest BCUT2D eigenvalue weighted by Crippen LogP contribution is 2.49. The number of benzene rings is 1. The number of carbonyl (C=O) groups is 1. The van der Waals surface area contributed by atoms with Gasteiger partial charge in [-0.2, -0.15) is 0 Å². The van der Waals surface area contributed by atoms with Crippen molar-refractivity contribution in [3.05, 3.63) is 29.3 Å². The van der Waals surface area contributed by atoms with Gasteiger partial charge in [0.1, 0.15) is 0 Å². The quantitative estimate of drug-likeness (QED) is 0.496. The number of hydrogen-bond donors (Lipinski definition) is 1. The van der Waals surface area contributed by atoms with Gasteiger partial charge in [-0.1, -0.05) is 13.8 Å². The first-order valence-electron chi connectivity index (χ1n) is 12.4. The van der Waals surface area contributed by atoms with Crippen molar-refractivity contribution < 1.29 is 19.0 Å². The fourth-order valence-corrected chi connectivity index (χ4v) is 5.52. The summed E-state index contributed by atoms with van der Waals surface area (Å²) in [4.78, 5) is 16.1. The first-order valence-corrected chi connectivity index (χ1v) is 12.4. The largest absolute Gasteiger partial charge is 0.383 e. The lowest BCUT2D eigenvalue weighted by Gasteiger charge is -2.46. The minimum atomic E-state index is 0.0360. The third-order valence-electron chi connectivity index (χ3n) is 7.75. The fourth-order valence-electron chi connectivity index (χ4n) is 5.52. The van der Waals surface area contributed by atoms with Gasteiger partial charge in [-0.25, -0.2) is 0 Å². The van der Waals surface area contributed by atoms with Crippen LogP contribution in [0.3, 0.4) is 0 Å². The van der Waals surface area contributed by atoms with E-state index in [1.807, 2.05) is 0 Å². The molecule has 1 heterocycles. The molecule has 2 fully saturated rings. The number of rotatable bonds is 12. The Hall–Kier alpha value is -1.47. The van der Waals surface area contributed by atoms with E-state index in [4.69, 9.17) is 14.2 Å². The molecule has 6 nitrogen and oxygen atoms in total. The monoisotopic (exact) mass is 444 g/mol. The normalized spacial score (nSPS) is 27.8. The van der Waals surface area contributed by atoms with Crippen molar-refractivity contribution in [1.82, 2.24) is 4.90 Å². The maximum atomic E-state index is 13.6. The maximum absolute atomic E-state index is 13.6. The molecular weight excluding hydrogens is 404 g/mol. The summed E-state index contributed by atoms with van der Waals surface area (Å²) in [5, 5.41) is 3.48. The van der Waals surface area contributed by atoms with Crippen LogP contribution in [0, 0.1) is 11.8 Å². The van der Waals surface area contributed by atoms with Crippen LogP contribution in [0.15, 0.2) is 18.2 Å². The molecule has 1 aliphatic heterocycles. The second kappa shape index (κ2) is 10.6. The predicted octanol–water partition coefficient (Wildman–Crippen LogP) is 3.74. The van der Waals surface area contributed by atoms with Gasteiger partial charge in [-0.15, -0.1) is 0 Å². The molecule has 178 valence electrons. The number of hydrogen-bond acceptors (Lipinski definition) is 6. The number of carbonyl (C=O) groups excluding carboxylic acids is 1. The zero-order valence-electron chi connectivity index (χ0n) is 20.0. The Balaban J connectivity index is 1.37. The summed E-state index contributed by atoms with van der Waals surface area (Å²) in [5.74, 6) is 1.47. The lowest BCUT2D eigenvalue weighted by Crippen LogP contribution is -2.53. The van der Waals surface area contributed by atoms with Gasteiger partial charge < -0.3 is 19.5 Å². The third-order valence-corrected chi connectivity index (χ3v) is 7.75. The number of fused-ring (bicyclic) bond motifs is 4. The molecule has 4 rings (SSSR count). The summed E-state index contributed by atoms with van der Waals surface area (Å²) in [6.45, 7) is 10.6. The zero-order chi connectivity index (χ0) is 22.6. The van der Waals surface area contributed by atoms with E-state index in [1.165, 1.54) is 18.4 Å². The average Bonchev–Trinajstić information content (AvgIpc) is 3.61. The molecule has 2 aliphatic carbocycles. The highest BCUT2D eigenvalue weighted by Gasteiger charge is 2.51. The Morgan fingerprint density at radius 3 is 2.62 bits per heavy atom. The van der Waals surface area contributed by atoms with Crippen molar-refractivity contribution >= 4 is 11.5 Å². The van der Waals surface area contributed by atoms with Crippen molar-refractivity contribution in [2.45, 2.75) is 51.0 Å². The molecule has 0 radical (unpaired) electrons. The van der Waals surface area contributed by atoms with Gasteiger partial charge in [0, 0.05) is 31.5 Å². The Morgan fingerprint density at radius 1 is 1.12 bits per heavy atom. The average molecular weight is 445 g/mol. The molecule has 1 saturated carbocycles. The SMILES string of the molecule is COCCOCCOCCNc1ccc2c(c1)[C@@]1(C)CCCN(CC3CC3)[C@H](C2=O)[C@@H]1C. The topological polar surface area (TPSA) is 60.0 Å². The number of nitrogens with zero attached hydrogens (tertiary/aromatic N) is 1. The summed E-state index contributed by atoms with van der Waals surface area (Å²) in [7, 11) is 1.67. The molecule has 32 heavy (non-hydrogen) atoms. The lowest BCUT2D eigenvalue weighted by molar-refractivity contribution is 0.0272. The van der Waals surface area contributed by atoms with Crippen molar-refractivity contribution in [3.8, 4) is 0 Å². The Morgan fingerprint density at radius 2 is 1.88 bits per heavy atom. The number of ketones is 1. The molecule has 3 aliphatic rings. The number of anilines is 1. The molecule has 1 saturated heterocycles. The van der Waals surface area contributed by atoms with E-state index in [0.29, 0.717) is 44.7 Å². The van der Waals surface area contributed by atoms with Crippen LogP contribution in [-0.4, -0.2) is 76.5 Å². The predicted molar refractivity (Wildman–Crippen MR) is 127 cm³/mol. The van der Waals surface area contributed by atoms with E-state index < -0.39 is 0 Å². The van der Waals surface area contributed by atoms with Crippen LogP contribution in [0.25, 0.3) is 0 Å². The number of methoxy groups -OCH3 is 1. The van der Waals surface area contributed by atoms with Crippen molar-refractivity contribution in [3.63, 3.8) is 0 Å². The van der Waals surface area contributed by atoms with E-state index in [-0.39, 0.29) is 11.5 Å². The summed E-state index contributed by atoms with van der Waals surface area (Å²) < 4.78 is 16.0. The summed E-state index contributed by atoms with van der Waals surface area (Å²) >= 11 is 0. The van der Waals surface area contributed by atoms with Crippen LogP contribution in [-0.2, 0) is 19.6 Å². The molecular formula is C26H40N2O4. The number of ether oxygens (including phenoxy) is 3. The second-order valence-electron chi connectivity index (χ2n) is 9.96. The zero-order valence-corrected chi connectivity index (χ0v) is 20.0. The van der Waals surface area contributed by atoms with Gasteiger partial charge in [0.15, 0.2) is 5.78 Å². The first kappa shape index (κ1) is 23.7. The number of likely N-dealkylation sites (tertiary alicyclic amines) is 1. The standard InChI is InChI=1S/C26H40N2O4/c1-19-24-25(29)22-8-7-21(27-10-12-31-15-16-32-14-13-30-3)17-23(22)26(19,2)9-4-11-28(24)18-20-5-6-20/h7-8,17,19-20,24,27H,4-6,9-16,18H2,1-3H3/t19-,24-,26-/m0/s1. The molecule has 1 aromatic carbocycles. The van der Waals surface area contributed by atoms with E-state index in [1.54, 1.807) is 7.11 Å². The second-order valence-corrected chi connectivity index (χ2v) is 9.96. The Bertz CT molecular complexity index is 781. The van der Waals surface area contributed by atoms with Crippen LogP contribution in [0.1, 0.15) is 55.5 Å². The van der Waals surface area contributed by atoms with E-state index in [0.717, 1.165) is 49.6 Å². The van der Waals surface area contributed by atoms with Gasteiger partial charge in [0.2, 0.25) is 0 Å². The van der Waals surface area contributed by atoms with Gasteiger partial charge in [0.25, 0.3) is 0 Å². The van der Waals surface area contributed by atoms with Gasteiger partial charge in [0.05, 0.1) is 39.1 Å². The van der Waals surface area contributed by atoms with Crippen LogP contribution >= 0.6 is 0 Å².